The molecule has 0 aromatic heterocycles. The van der Waals surface area contributed by atoms with Gasteiger partial charge >= 0.3 is 23.9 Å². The lowest BCUT2D eigenvalue weighted by Crippen LogP contribution is -2.40. The van der Waals surface area contributed by atoms with Crippen molar-refractivity contribution in [3.05, 3.63) is 0 Å². The van der Waals surface area contributed by atoms with Crippen molar-refractivity contribution in [2.45, 2.75) is 77.2 Å². The van der Waals surface area contributed by atoms with E-state index in [0.717, 1.165) is 6.42 Å². The molecule has 2 aliphatic heterocycles. The summed E-state index contributed by atoms with van der Waals surface area (Å²) in [4.78, 5) is 102. The van der Waals surface area contributed by atoms with E-state index in [1.807, 2.05) is 6.92 Å². The summed E-state index contributed by atoms with van der Waals surface area (Å²) in [5.41, 5.74) is -0.869. The maximum Gasteiger partial charge on any atom is 0.333 e. The Bertz CT molecular complexity index is 967. The van der Waals surface area contributed by atoms with Gasteiger partial charge in [-0.3, -0.25) is 28.8 Å². The molecule has 2 aliphatic rings. The number of amides is 4. The van der Waals surface area contributed by atoms with Crippen LogP contribution in [0.1, 0.15) is 71.6 Å². The molecular weight excluding hydrogens is 592 g/mol. The van der Waals surface area contributed by atoms with Crippen LogP contribution in [0.2, 0.25) is 0 Å². The number of imide groups is 2. The molecule has 0 bridgehead atoms. The Morgan fingerprint density at radius 3 is 1.32 bits per heavy atom. The molecule has 2 rings (SSSR count). The first kappa shape index (κ1) is 36.2. The van der Waals surface area contributed by atoms with Crippen LogP contribution in [0.25, 0.3) is 0 Å². The van der Waals surface area contributed by atoms with Crippen molar-refractivity contribution in [1.82, 2.24) is 10.1 Å². The van der Waals surface area contributed by atoms with Gasteiger partial charge in [0.05, 0.1) is 52.1 Å². The monoisotopic (exact) mass is 630 g/mol. The third kappa shape index (κ3) is 13.1. The Morgan fingerprint density at radius 1 is 0.591 bits per heavy atom. The van der Waals surface area contributed by atoms with E-state index in [-0.39, 0.29) is 91.0 Å². The number of ether oxygens (including phenoxy) is 5. The quantitative estimate of drug-likeness (QED) is 0.0933. The molecule has 0 N–H and O–H groups in total. The van der Waals surface area contributed by atoms with Gasteiger partial charge in [0.15, 0.2) is 0 Å². The number of rotatable bonds is 21. The fourth-order valence-corrected chi connectivity index (χ4v) is 3.64. The van der Waals surface area contributed by atoms with Crippen molar-refractivity contribution in [3.63, 3.8) is 0 Å². The number of hydrogen-bond donors (Lipinski definition) is 0. The lowest BCUT2D eigenvalue weighted by Gasteiger charge is -2.29. The van der Waals surface area contributed by atoms with E-state index in [9.17, 15) is 38.4 Å². The first-order valence-electron chi connectivity index (χ1n) is 14.2. The standard InChI is InChI=1S/C27H38N2O15/c1-3-12-42-27(2,17-38-13-15-40-23(34)8-10-25(36)43-28-19(30)4-5-20(28)31)18-39-14-16-41-24(35)9-11-26(37)44-29-21(32)6-7-22(29)33/h3-18H2,1-2H3. The third-order valence-corrected chi connectivity index (χ3v) is 5.92. The average Bonchev–Trinajstić information content (AvgIpc) is 3.48. The molecule has 246 valence electrons. The normalized spacial score (nSPS) is 15.1. The Balaban J connectivity index is 1.56. The number of hydrogen-bond acceptors (Lipinski definition) is 15. The van der Waals surface area contributed by atoms with E-state index in [0.29, 0.717) is 16.7 Å². The topological polar surface area (TPSA) is 208 Å². The first-order valence-corrected chi connectivity index (χ1v) is 14.2. The molecule has 0 radical (unpaired) electrons. The first-order chi connectivity index (χ1) is 20.9. The van der Waals surface area contributed by atoms with Gasteiger partial charge in [-0.1, -0.05) is 6.92 Å². The zero-order valence-corrected chi connectivity index (χ0v) is 24.8. The highest BCUT2D eigenvalue weighted by atomic mass is 16.7. The molecule has 0 aliphatic carbocycles. The van der Waals surface area contributed by atoms with Crippen molar-refractivity contribution in [2.24, 2.45) is 0 Å². The summed E-state index contributed by atoms with van der Waals surface area (Å²) in [6.07, 6.45) is -0.760. The van der Waals surface area contributed by atoms with Crippen LogP contribution in [0.3, 0.4) is 0 Å². The molecule has 0 unspecified atom stereocenters. The summed E-state index contributed by atoms with van der Waals surface area (Å²) in [6.45, 7) is 4.11. The van der Waals surface area contributed by atoms with Crippen LogP contribution < -0.4 is 0 Å². The molecule has 0 saturated carbocycles. The molecule has 2 fully saturated rings. The van der Waals surface area contributed by atoms with Gasteiger partial charge in [-0.2, -0.15) is 0 Å². The van der Waals surface area contributed by atoms with Crippen LogP contribution in [0.5, 0.6) is 0 Å². The predicted octanol–water partition coefficient (Wildman–Crippen LogP) is 0.0661. The smallest absolute Gasteiger partial charge is 0.333 e. The highest BCUT2D eigenvalue weighted by Crippen LogP contribution is 2.15. The van der Waals surface area contributed by atoms with Crippen molar-refractivity contribution in [2.75, 3.05) is 46.2 Å². The van der Waals surface area contributed by atoms with E-state index < -0.39 is 53.1 Å². The van der Waals surface area contributed by atoms with Gasteiger partial charge in [-0.25, -0.2) is 9.59 Å². The van der Waals surface area contributed by atoms with Crippen LogP contribution >= 0.6 is 0 Å². The van der Waals surface area contributed by atoms with E-state index in [1.165, 1.54) is 0 Å². The van der Waals surface area contributed by atoms with Gasteiger partial charge in [0.25, 0.3) is 23.6 Å². The summed E-state index contributed by atoms with van der Waals surface area (Å²) in [5, 5.41) is 0.813. The molecule has 4 amide bonds. The molecule has 2 saturated heterocycles. The summed E-state index contributed by atoms with van der Waals surface area (Å²) in [6, 6.07) is 0. The highest BCUT2D eigenvalue weighted by molar-refractivity contribution is 6.02. The molecule has 0 spiro atoms. The van der Waals surface area contributed by atoms with Crippen LogP contribution in [-0.4, -0.2) is 109 Å². The molecule has 17 heteroatoms. The van der Waals surface area contributed by atoms with E-state index in [2.05, 4.69) is 9.68 Å². The van der Waals surface area contributed by atoms with E-state index >= 15 is 0 Å². The highest BCUT2D eigenvalue weighted by Gasteiger charge is 2.34. The van der Waals surface area contributed by atoms with Crippen LogP contribution in [0, 0.1) is 0 Å². The zero-order chi connectivity index (χ0) is 32.5. The maximum absolute atomic E-state index is 11.9. The predicted molar refractivity (Wildman–Crippen MR) is 141 cm³/mol. The maximum atomic E-state index is 11.9. The average molecular weight is 631 g/mol. The number of carbonyl (C=O) groups is 8. The number of nitrogens with zero attached hydrogens (tertiary/aromatic N) is 2. The molecule has 17 nitrogen and oxygen atoms in total. The Morgan fingerprint density at radius 2 is 0.955 bits per heavy atom. The molecule has 0 aromatic carbocycles. The lowest BCUT2D eigenvalue weighted by atomic mass is 10.1. The second-order valence-corrected chi connectivity index (χ2v) is 9.93. The van der Waals surface area contributed by atoms with Crippen LogP contribution in [0.15, 0.2) is 0 Å². The summed E-state index contributed by atoms with van der Waals surface area (Å²) >= 11 is 0. The third-order valence-electron chi connectivity index (χ3n) is 5.92. The van der Waals surface area contributed by atoms with Crippen molar-refractivity contribution in [3.8, 4) is 0 Å². The van der Waals surface area contributed by atoms with Crippen molar-refractivity contribution in [1.29, 1.82) is 0 Å². The Hall–Kier alpha value is -3.96. The molecule has 2 heterocycles. The molecule has 0 atom stereocenters. The number of carbonyl (C=O) groups excluding carboxylic acids is 8. The zero-order valence-electron chi connectivity index (χ0n) is 24.8. The van der Waals surface area contributed by atoms with Crippen molar-refractivity contribution >= 4 is 47.5 Å². The van der Waals surface area contributed by atoms with Gasteiger partial charge in [0.1, 0.15) is 18.8 Å². The SMILES string of the molecule is CCCOC(C)(COCCOC(=O)CCC(=O)ON1C(=O)CCC1=O)COCCOC(=O)CCC(=O)ON1C(=O)CCC1=O. The molecular formula is C27H38N2O15. The van der Waals surface area contributed by atoms with Crippen LogP contribution in [0.4, 0.5) is 0 Å². The van der Waals surface area contributed by atoms with Gasteiger partial charge in [-0.05, 0) is 13.3 Å². The largest absolute Gasteiger partial charge is 0.463 e. The van der Waals surface area contributed by atoms with E-state index in [4.69, 9.17) is 23.7 Å². The molecule has 0 aromatic rings. The van der Waals surface area contributed by atoms with Crippen LogP contribution in [-0.2, 0) is 71.7 Å². The van der Waals surface area contributed by atoms with Gasteiger partial charge in [0, 0.05) is 32.3 Å². The molecule has 44 heavy (non-hydrogen) atoms. The number of esters is 2. The minimum atomic E-state index is -0.907. The minimum absolute atomic E-state index is 0.0260. The van der Waals surface area contributed by atoms with Gasteiger partial charge in [0.2, 0.25) is 0 Å². The van der Waals surface area contributed by atoms with Gasteiger partial charge in [-0.15, -0.1) is 10.1 Å². The summed E-state index contributed by atoms with van der Waals surface area (Å²) < 4.78 is 27.0. The Labute approximate surface area is 253 Å². The Kier molecular flexibility index (Phi) is 15.4. The summed E-state index contributed by atoms with van der Waals surface area (Å²) in [5.74, 6) is -5.65. The van der Waals surface area contributed by atoms with Crippen molar-refractivity contribution < 1.29 is 71.7 Å². The number of hydroxylamine groups is 4. The van der Waals surface area contributed by atoms with Gasteiger partial charge < -0.3 is 33.4 Å². The second-order valence-electron chi connectivity index (χ2n) is 9.93. The minimum Gasteiger partial charge on any atom is -0.463 e. The lowest BCUT2D eigenvalue weighted by molar-refractivity contribution is -0.197. The fraction of sp³-hybridized carbons (Fsp3) is 0.704. The summed E-state index contributed by atoms with van der Waals surface area (Å²) in [7, 11) is 0. The second kappa shape index (κ2) is 18.6. The fourth-order valence-electron chi connectivity index (χ4n) is 3.64. The van der Waals surface area contributed by atoms with E-state index in [1.54, 1.807) is 6.92 Å².